The van der Waals surface area contributed by atoms with Gasteiger partial charge in [0.25, 0.3) is 0 Å². The van der Waals surface area contributed by atoms with Crippen molar-refractivity contribution in [2.75, 3.05) is 0 Å². The first kappa shape index (κ1) is 10.3. The molecule has 0 bridgehead atoms. The van der Waals surface area contributed by atoms with Crippen LogP contribution in [0.15, 0.2) is 17.8 Å². The Balaban J connectivity index is 3.07. The second kappa shape index (κ2) is 3.52. The number of aromatic nitrogens is 2. The van der Waals surface area contributed by atoms with Gasteiger partial charge in [-0.15, -0.1) is 0 Å². The Morgan fingerprint density at radius 1 is 1.57 bits per heavy atom. The number of aliphatic carboxylic acids is 1. The van der Waals surface area contributed by atoms with Crippen molar-refractivity contribution in [3.63, 3.8) is 0 Å². The molecule has 0 aliphatic carbocycles. The van der Waals surface area contributed by atoms with Crippen molar-refractivity contribution in [2.45, 2.75) is 6.18 Å². The van der Waals surface area contributed by atoms with Crippen molar-refractivity contribution in [1.82, 2.24) is 10.2 Å². The van der Waals surface area contributed by atoms with Crippen molar-refractivity contribution in [3.05, 3.63) is 23.5 Å². The van der Waals surface area contributed by atoms with Crippen LogP contribution < -0.4 is 0 Å². The first-order chi connectivity index (χ1) is 6.41. The van der Waals surface area contributed by atoms with Crippen LogP contribution in [0.5, 0.6) is 0 Å². The number of carbonyl (C=O) groups is 1. The zero-order valence-corrected chi connectivity index (χ0v) is 6.67. The topological polar surface area (TPSA) is 66.0 Å². The maximum Gasteiger partial charge on any atom is 0.423 e. The fourth-order valence-corrected chi connectivity index (χ4v) is 0.767. The first-order valence-electron chi connectivity index (χ1n) is 3.43. The van der Waals surface area contributed by atoms with E-state index in [4.69, 9.17) is 5.11 Å². The van der Waals surface area contributed by atoms with Crippen LogP contribution in [0.25, 0.3) is 6.08 Å². The molecule has 0 aromatic carbocycles. The fraction of sp³-hybridized carbons (Fsp3) is 0.143. The van der Waals surface area contributed by atoms with Gasteiger partial charge in [-0.1, -0.05) is 0 Å². The minimum absolute atomic E-state index is 0.0141. The summed E-state index contributed by atoms with van der Waals surface area (Å²) in [5, 5.41) is 13.9. The van der Waals surface area contributed by atoms with E-state index >= 15 is 0 Å². The molecule has 0 aliphatic rings. The highest BCUT2D eigenvalue weighted by Crippen LogP contribution is 2.27. The molecule has 0 saturated carbocycles. The Morgan fingerprint density at radius 3 is 2.57 bits per heavy atom. The number of nitrogens with zero attached hydrogens (tertiary/aromatic N) is 1. The van der Waals surface area contributed by atoms with Gasteiger partial charge in [0.1, 0.15) is 5.57 Å². The number of aromatic amines is 1. The summed E-state index contributed by atoms with van der Waals surface area (Å²) in [5.74, 6) is -2.02. The molecule has 0 spiro atoms. The van der Waals surface area contributed by atoms with E-state index in [-0.39, 0.29) is 5.69 Å². The quantitative estimate of drug-likeness (QED) is 0.719. The molecule has 14 heavy (non-hydrogen) atoms. The lowest BCUT2D eigenvalue weighted by atomic mass is 10.2. The molecular weight excluding hydrogens is 201 g/mol. The number of nitrogens with one attached hydrogen (secondary N) is 1. The summed E-state index contributed by atoms with van der Waals surface area (Å²) in [6.45, 7) is 0. The Labute approximate surface area is 76.1 Å². The Hall–Kier alpha value is -1.79. The van der Waals surface area contributed by atoms with Gasteiger partial charge in [-0.2, -0.15) is 18.3 Å². The molecule has 2 N–H and O–H groups in total. The fourth-order valence-electron chi connectivity index (χ4n) is 0.767. The summed E-state index contributed by atoms with van der Waals surface area (Å²) in [4.78, 5) is 10.2. The number of carboxylic acids is 1. The van der Waals surface area contributed by atoms with Gasteiger partial charge < -0.3 is 5.11 Å². The lowest BCUT2D eigenvalue weighted by molar-refractivity contribution is -0.144. The molecule has 0 aliphatic heterocycles. The third-order valence-electron chi connectivity index (χ3n) is 1.36. The second-order valence-electron chi connectivity index (χ2n) is 2.37. The zero-order chi connectivity index (χ0) is 10.8. The van der Waals surface area contributed by atoms with Crippen molar-refractivity contribution in [1.29, 1.82) is 0 Å². The largest absolute Gasteiger partial charge is 0.478 e. The van der Waals surface area contributed by atoms with E-state index in [1.54, 1.807) is 0 Å². The molecule has 0 atom stereocenters. The predicted octanol–water partition coefficient (Wildman–Crippen LogP) is 1.44. The van der Waals surface area contributed by atoms with Crippen molar-refractivity contribution in [2.24, 2.45) is 0 Å². The van der Waals surface area contributed by atoms with Crippen molar-refractivity contribution >= 4 is 12.0 Å². The second-order valence-corrected chi connectivity index (χ2v) is 2.37. The van der Waals surface area contributed by atoms with Crippen LogP contribution in [-0.2, 0) is 4.79 Å². The van der Waals surface area contributed by atoms with E-state index in [0.29, 0.717) is 6.08 Å². The lowest BCUT2D eigenvalue weighted by Gasteiger charge is -2.05. The average Bonchev–Trinajstić information content (AvgIpc) is 2.48. The lowest BCUT2D eigenvalue weighted by Crippen LogP contribution is -2.19. The third kappa shape index (κ3) is 2.35. The van der Waals surface area contributed by atoms with E-state index in [2.05, 4.69) is 10.2 Å². The summed E-state index contributed by atoms with van der Waals surface area (Å²) < 4.78 is 36.2. The highest BCUT2D eigenvalue weighted by molar-refractivity contribution is 5.93. The monoisotopic (exact) mass is 206 g/mol. The molecule has 0 radical (unpaired) electrons. The average molecular weight is 206 g/mol. The zero-order valence-electron chi connectivity index (χ0n) is 6.67. The van der Waals surface area contributed by atoms with Gasteiger partial charge >= 0.3 is 12.1 Å². The van der Waals surface area contributed by atoms with Crippen LogP contribution in [0.2, 0.25) is 0 Å². The van der Waals surface area contributed by atoms with Crippen LogP contribution >= 0.6 is 0 Å². The van der Waals surface area contributed by atoms with E-state index in [9.17, 15) is 18.0 Å². The Kier molecular flexibility index (Phi) is 2.59. The van der Waals surface area contributed by atoms with Gasteiger partial charge in [0.05, 0.1) is 5.69 Å². The maximum atomic E-state index is 12.1. The van der Waals surface area contributed by atoms with Gasteiger partial charge in [0.2, 0.25) is 0 Å². The van der Waals surface area contributed by atoms with E-state index in [1.807, 2.05) is 0 Å². The van der Waals surface area contributed by atoms with Crippen molar-refractivity contribution in [3.8, 4) is 0 Å². The highest BCUT2D eigenvalue weighted by atomic mass is 19.4. The summed E-state index contributed by atoms with van der Waals surface area (Å²) in [6.07, 6.45) is -3.17. The van der Waals surface area contributed by atoms with Gasteiger partial charge in [-0.05, 0) is 12.1 Å². The number of H-pyrrole nitrogens is 1. The van der Waals surface area contributed by atoms with Gasteiger partial charge in [-0.25, -0.2) is 4.79 Å². The molecule has 0 unspecified atom stereocenters. The molecule has 0 amide bonds. The molecule has 4 nitrogen and oxygen atoms in total. The number of carboxylic acid groups (broad SMARTS) is 1. The van der Waals surface area contributed by atoms with Gasteiger partial charge in [0.15, 0.2) is 0 Å². The summed E-state index contributed by atoms with van der Waals surface area (Å²) in [5.41, 5.74) is -1.65. The third-order valence-corrected chi connectivity index (χ3v) is 1.36. The van der Waals surface area contributed by atoms with Gasteiger partial charge in [0, 0.05) is 6.20 Å². The number of rotatable bonds is 2. The molecule has 1 rings (SSSR count). The van der Waals surface area contributed by atoms with Crippen LogP contribution in [0, 0.1) is 0 Å². The molecule has 1 aromatic rings. The van der Waals surface area contributed by atoms with Crippen LogP contribution in [0.4, 0.5) is 13.2 Å². The Morgan fingerprint density at radius 2 is 2.21 bits per heavy atom. The minimum Gasteiger partial charge on any atom is -0.478 e. The summed E-state index contributed by atoms with van der Waals surface area (Å²) in [6, 6.07) is 1.23. The predicted molar refractivity (Wildman–Crippen MR) is 40.3 cm³/mol. The SMILES string of the molecule is O=C(O)/C(=C/c1ccn[nH]1)C(F)(F)F. The number of hydrogen-bond acceptors (Lipinski definition) is 2. The van der Waals surface area contributed by atoms with E-state index in [1.165, 1.54) is 12.3 Å². The van der Waals surface area contributed by atoms with Crippen LogP contribution in [-0.4, -0.2) is 27.4 Å². The molecule has 76 valence electrons. The number of halogens is 3. The van der Waals surface area contributed by atoms with Crippen molar-refractivity contribution < 1.29 is 23.1 Å². The first-order valence-corrected chi connectivity index (χ1v) is 3.43. The van der Waals surface area contributed by atoms with E-state index < -0.39 is 17.7 Å². The normalized spacial score (nSPS) is 12.9. The standard InChI is InChI=1S/C7H5F3N2O2/c8-7(9,10)5(6(13)14)3-4-1-2-11-12-4/h1-3H,(H,11,12)(H,13,14)/b5-3-. The maximum absolute atomic E-state index is 12.1. The molecule has 7 heteroatoms. The molecule has 0 fully saturated rings. The molecular formula is C7H5F3N2O2. The number of alkyl halides is 3. The highest BCUT2D eigenvalue weighted by Gasteiger charge is 2.38. The van der Waals surface area contributed by atoms with E-state index in [0.717, 1.165) is 0 Å². The molecule has 1 heterocycles. The smallest absolute Gasteiger partial charge is 0.423 e. The summed E-state index contributed by atoms with van der Waals surface area (Å²) >= 11 is 0. The van der Waals surface area contributed by atoms with Crippen LogP contribution in [0.1, 0.15) is 5.69 Å². The van der Waals surface area contributed by atoms with Gasteiger partial charge in [-0.3, -0.25) is 5.10 Å². The number of hydrogen-bond donors (Lipinski definition) is 2. The van der Waals surface area contributed by atoms with Crippen LogP contribution in [0.3, 0.4) is 0 Å². The molecule has 1 aromatic heterocycles. The minimum atomic E-state index is -4.88. The summed E-state index contributed by atoms with van der Waals surface area (Å²) in [7, 11) is 0. The Bertz CT molecular complexity index is 354. The molecule has 0 saturated heterocycles.